The molecule has 3 fully saturated rings. The smallest absolute Gasteiger partial charge is 0.353 e. The van der Waals surface area contributed by atoms with Crippen molar-refractivity contribution in [1.82, 2.24) is 19.7 Å². The number of carboxylic acids is 1. The highest BCUT2D eigenvalue weighted by Crippen LogP contribution is 2.56. The summed E-state index contributed by atoms with van der Waals surface area (Å²) in [6.07, 6.45) is 6.28. The van der Waals surface area contributed by atoms with Crippen LogP contribution in [-0.2, 0) is 22.6 Å². The van der Waals surface area contributed by atoms with Crippen molar-refractivity contribution >= 4 is 59.0 Å². The molecule has 11 N–H and O–H groups in total. The van der Waals surface area contributed by atoms with Gasteiger partial charge in [0.15, 0.2) is 11.5 Å². The molecule has 0 spiro atoms. The number of carboxylic acid groups (broad SMARTS) is 1. The fraction of sp³-hybridized carbons (Fsp3) is 0.406. The van der Waals surface area contributed by atoms with Crippen molar-refractivity contribution in [2.24, 2.45) is 16.6 Å². The van der Waals surface area contributed by atoms with E-state index in [4.69, 9.17) is 27.7 Å². The third kappa shape index (κ3) is 7.18. The predicted octanol–water partition coefficient (Wildman–Crippen LogP) is 1.97. The second-order valence-electron chi connectivity index (χ2n) is 12.2. The molecule has 3 aliphatic carbocycles. The number of aromatic nitrogens is 3. The SMILES string of the molecule is C.COC(=O)C12CCC(CN)(CC1)CC2.Cl.Nc1c(NCc2cc(CNC(=O)c3cc(C(=O)O)n4c(N)nc(N)c4n3)ccc2F)c(=O)c1=O. The number of carbonyl (C=O) groups is 3. The fourth-order valence-corrected chi connectivity index (χ4v) is 6.41. The molecule has 270 valence electrons. The lowest BCUT2D eigenvalue weighted by Crippen LogP contribution is -2.49. The first-order valence-corrected chi connectivity index (χ1v) is 15.1. The lowest BCUT2D eigenvalue weighted by Gasteiger charge is -2.51. The fourth-order valence-electron chi connectivity index (χ4n) is 6.41. The molecule has 7 rings (SSSR count). The Hall–Kier alpha value is -5.29. The number of hydrogen-bond donors (Lipinski definition) is 7. The maximum atomic E-state index is 14.2. The number of fused-ring (bicyclic) bond motifs is 4. The monoisotopic (exact) mass is 717 g/mol. The van der Waals surface area contributed by atoms with Crippen molar-refractivity contribution in [2.75, 3.05) is 36.2 Å². The van der Waals surface area contributed by atoms with Crippen molar-refractivity contribution in [3.05, 3.63) is 73.0 Å². The van der Waals surface area contributed by atoms with Crippen LogP contribution < -0.4 is 44.4 Å². The molecule has 2 heterocycles. The number of ether oxygens (including phenoxy) is 1. The van der Waals surface area contributed by atoms with Gasteiger partial charge in [0.1, 0.15) is 28.6 Å². The van der Waals surface area contributed by atoms with Gasteiger partial charge in [-0.05, 0) is 68.2 Å². The van der Waals surface area contributed by atoms with Crippen LogP contribution in [0.15, 0.2) is 33.9 Å². The summed E-state index contributed by atoms with van der Waals surface area (Å²) in [6.45, 7) is 0.607. The Labute approximate surface area is 291 Å². The molecule has 0 atom stereocenters. The second-order valence-corrected chi connectivity index (χ2v) is 12.2. The number of nitrogens with two attached hydrogens (primary N) is 4. The molecule has 1 amide bonds. The molecule has 18 heteroatoms. The number of halogens is 2. The Kier molecular flexibility index (Phi) is 11.8. The quantitative estimate of drug-likeness (QED) is 0.0963. The number of nitrogen functional groups attached to an aromatic ring is 3. The molecule has 0 unspecified atom stereocenters. The van der Waals surface area contributed by atoms with Gasteiger partial charge in [-0.15, -0.1) is 12.4 Å². The largest absolute Gasteiger partial charge is 0.477 e. The summed E-state index contributed by atoms with van der Waals surface area (Å²) in [6, 6.07) is 5.07. The molecule has 4 aromatic rings. The van der Waals surface area contributed by atoms with E-state index in [1.54, 1.807) is 0 Å². The van der Waals surface area contributed by atoms with Crippen LogP contribution in [-0.4, -0.2) is 51.0 Å². The van der Waals surface area contributed by atoms with Crippen molar-refractivity contribution in [3.63, 3.8) is 0 Å². The number of amides is 1. The number of benzene rings is 1. The lowest BCUT2D eigenvalue weighted by atomic mass is 9.54. The summed E-state index contributed by atoms with van der Waals surface area (Å²) in [5, 5.41) is 14.6. The van der Waals surface area contributed by atoms with Crippen molar-refractivity contribution in [3.8, 4) is 0 Å². The highest BCUT2D eigenvalue weighted by molar-refractivity contribution is 5.97. The number of rotatable bonds is 9. The van der Waals surface area contributed by atoms with E-state index < -0.39 is 28.6 Å². The molecule has 16 nitrogen and oxygen atoms in total. The molecule has 0 saturated heterocycles. The van der Waals surface area contributed by atoms with Gasteiger partial charge in [0.05, 0.1) is 12.5 Å². The molecular formula is C32H41ClFN9O7. The van der Waals surface area contributed by atoms with Crippen LogP contribution in [0.1, 0.15) is 78.1 Å². The van der Waals surface area contributed by atoms with Crippen LogP contribution >= 0.6 is 12.4 Å². The molecular weight excluding hydrogens is 677 g/mol. The Balaban J connectivity index is 0.000000355. The van der Waals surface area contributed by atoms with Gasteiger partial charge in [-0.1, -0.05) is 13.5 Å². The molecule has 3 saturated carbocycles. The molecule has 0 radical (unpaired) electrons. The van der Waals surface area contributed by atoms with Crippen LogP contribution in [0.2, 0.25) is 0 Å². The van der Waals surface area contributed by atoms with Crippen LogP contribution in [0.3, 0.4) is 0 Å². The summed E-state index contributed by atoms with van der Waals surface area (Å²) in [5.74, 6) is -3.00. The Bertz CT molecular complexity index is 1980. The maximum absolute atomic E-state index is 14.2. The molecule has 0 aliphatic heterocycles. The summed E-state index contributed by atoms with van der Waals surface area (Å²) < 4.78 is 20.1. The number of imidazole rings is 1. The topological polar surface area (TPSA) is 273 Å². The Morgan fingerprint density at radius 3 is 2.20 bits per heavy atom. The lowest BCUT2D eigenvalue weighted by molar-refractivity contribution is -0.162. The Morgan fingerprint density at radius 1 is 1.00 bits per heavy atom. The van der Waals surface area contributed by atoms with E-state index >= 15 is 0 Å². The van der Waals surface area contributed by atoms with Gasteiger partial charge in [0.2, 0.25) is 5.95 Å². The van der Waals surface area contributed by atoms with E-state index in [0.29, 0.717) is 11.0 Å². The standard InChI is InChI=1S/C20H17FN8O5.C11H19NO2.CH4.ClH/c21-9-2-1-7(3-8(9)6-25-13-12(22)14(30)15(13)31)5-26-18(32)10-4-11(19(33)34)29-17(27-10)16(23)28-20(29)24;1-14-9(13)11-5-2-10(8-12,3-6-11)4-7-11;;/h1-4,25H,5-6,22-23H2,(H2,24,28)(H,26,32)(H,33,34);2-8,12H2,1H3;1H4;1H. The molecule has 50 heavy (non-hydrogen) atoms. The first-order valence-electron chi connectivity index (χ1n) is 15.1. The number of nitrogens with one attached hydrogen (secondary N) is 2. The highest BCUT2D eigenvalue weighted by atomic mass is 35.5. The van der Waals surface area contributed by atoms with Crippen molar-refractivity contribution in [2.45, 2.75) is 59.0 Å². The average molecular weight is 718 g/mol. The molecule has 2 aromatic heterocycles. The third-order valence-corrected chi connectivity index (χ3v) is 9.52. The first kappa shape index (κ1) is 39.2. The highest BCUT2D eigenvalue weighted by Gasteiger charge is 2.52. The molecule has 2 aromatic carbocycles. The van der Waals surface area contributed by atoms with Gasteiger partial charge in [0, 0.05) is 24.7 Å². The summed E-state index contributed by atoms with van der Waals surface area (Å²) >= 11 is 0. The number of nitrogens with zero attached hydrogens (tertiary/aromatic N) is 3. The van der Waals surface area contributed by atoms with E-state index in [1.807, 2.05) is 0 Å². The zero-order chi connectivity index (χ0) is 35.0. The Morgan fingerprint density at radius 2 is 1.64 bits per heavy atom. The normalized spacial score (nSPS) is 19.0. The molecule has 3 aliphatic rings. The van der Waals surface area contributed by atoms with Crippen LogP contribution in [0.4, 0.5) is 27.5 Å². The average Bonchev–Trinajstić information content (AvgIpc) is 3.40. The maximum Gasteiger partial charge on any atom is 0.353 e. The first-order chi connectivity index (χ1) is 22.7. The van der Waals surface area contributed by atoms with Crippen molar-refractivity contribution in [1.29, 1.82) is 0 Å². The van der Waals surface area contributed by atoms with Crippen molar-refractivity contribution < 1.29 is 28.6 Å². The number of hydrogen-bond acceptors (Lipinski definition) is 13. The van der Waals surface area contributed by atoms with E-state index in [2.05, 4.69) is 20.6 Å². The van der Waals surface area contributed by atoms with E-state index in [0.717, 1.165) is 55.5 Å². The summed E-state index contributed by atoms with van der Waals surface area (Å²) in [4.78, 5) is 66.4. The van der Waals surface area contributed by atoms with Crippen LogP contribution in [0, 0.1) is 16.6 Å². The van der Waals surface area contributed by atoms with Gasteiger partial charge in [-0.25, -0.2) is 14.2 Å². The minimum absolute atomic E-state index is 0. The van der Waals surface area contributed by atoms with E-state index in [1.165, 1.54) is 25.3 Å². The number of methoxy groups -OCH3 is 1. The predicted molar refractivity (Wildman–Crippen MR) is 187 cm³/mol. The number of aromatic carboxylic acids is 1. The van der Waals surface area contributed by atoms with Crippen LogP contribution in [0.5, 0.6) is 0 Å². The second kappa shape index (κ2) is 15.1. The minimum Gasteiger partial charge on any atom is -0.477 e. The zero-order valence-corrected chi connectivity index (χ0v) is 27.3. The number of carbonyl (C=O) groups excluding carboxylic acids is 2. The number of esters is 1. The molecule has 2 bridgehead atoms. The van der Waals surface area contributed by atoms with E-state index in [9.17, 15) is 33.5 Å². The van der Waals surface area contributed by atoms with Gasteiger partial charge < -0.3 is 43.4 Å². The van der Waals surface area contributed by atoms with Gasteiger partial charge in [-0.2, -0.15) is 4.98 Å². The number of anilines is 4. The summed E-state index contributed by atoms with van der Waals surface area (Å²) in [5.41, 5.74) is 21.0. The van der Waals surface area contributed by atoms with E-state index in [-0.39, 0.29) is 90.0 Å². The van der Waals surface area contributed by atoms with Gasteiger partial charge in [0.25, 0.3) is 16.8 Å². The van der Waals surface area contributed by atoms with Gasteiger partial charge in [-0.3, -0.25) is 23.6 Å². The van der Waals surface area contributed by atoms with Crippen LogP contribution in [0.25, 0.3) is 5.65 Å². The minimum atomic E-state index is -1.37. The third-order valence-electron chi connectivity index (χ3n) is 9.52. The summed E-state index contributed by atoms with van der Waals surface area (Å²) in [7, 11) is 1.50. The van der Waals surface area contributed by atoms with Gasteiger partial charge >= 0.3 is 11.9 Å². The zero-order valence-electron chi connectivity index (χ0n) is 26.5.